The maximum absolute atomic E-state index is 11.7. The number of aromatic nitrogens is 2. The zero-order valence-electron chi connectivity index (χ0n) is 12.6. The van der Waals surface area contributed by atoms with E-state index in [-0.39, 0.29) is 11.8 Å². The molecule has 2 N–H and O–H groups in total. The number of pyridine rings is 2. The molecule has 2 heterocycles. The van der Waals surface area contributed by atoms with Crippen LogP contribution in [0.15, 0.2) is 49.1 Å². The van der Waals surface area contributed by atoms with E-state index in [1.807, 2.05) is 0 Å². The zero-order chi connectivity index (χ0) is 16.3. The van der Waals surface area contributed by atoms with Gasteiger partial charge in [-0.05, 0) is 24.3 Å². The largest absolute Gasteiger partial charge is 0.326 e. The summed E-state index contributed by atoms with van der Waals surface area (Å²) in [5.74, 6) is 1.29. The molecule has 23 heavy (non-hydrogen) atoms. The minimum Gasteiger partial charge on any atom is -0.326 e. The van der Waals surface area contributed by atoms with Gasteiger partial charge in [-0.25, -0.2) is 0 Å². The number of nitrogens with zero attached hydrogens (tertiary/aromatic N) is 2. The van der Waals surface area contributed by atoms with Crippen molar-refractivity contribution in [1.29, 1.82) is 0 Å². The number of rotatable bonds is 8. The quantitative estimate of drug-likeness (QED) is 0.727. The van der Waals surface area contributed by atoms with Gasteiger partial charge in [0, 0.05) is 60.5 Å². The second kappa shape index (κ2) is 9.58. The molecule has 6 nitrogen and oxygen atoms in total. The number of hydrogen-bond donors (Lipinski definition) is 2. The predicted octanol–water partition coefficient (Wildman–Crippen LogP) is 2.57. The molecular weight excluding hydrogens is 312 g/mol. The van der Waals surface area contributed by atoms with Crippen molar-refractivity contribution in [3.05, 3.63) is 49.1 Å². The van der Waals surface area contributed by atoms with Crippen LogP contribution in [0.5, 0.6) is 0 Å². The second-order valence-electron chi connectivity index (χ2n) is 4.68. The predicted molar refractivity (Wildman–Crippen MR) is 92.3 cm³/mol. The summed E-state index contributed by atoms with van der Waals surface area (Å²) in [6.07, 6.45) is 7.35. The minimum absolute atomic E-state index is 0.0371. The van der Waals surface area contributed by atoms with Crippen molar-refractivity contribution in [2.24, 2.45) is 0 Å². The Hall–Kier alpha value is -2.41. The van der Waals surface area contributed by atoms with Gasteiger partial charge in [0.15, 0.2) is 0 Å². The Labute approximate surface area is 139 Å². The van der Waals surface area contributed by atoms with Crippen LogP contribution in [0.1, 0.15) is 12.8 Å². The van der Waals surface area contributed by atoms with Crippen molar-refractivity contribution in [3.63, 3.8) is 0 Å². The number of carbonyl (C=O) groups excluding carboxylic acids is 2. The minimum atomic E-state index is -0.0371. The lowest BCUT2D eigenvalue weighted by atomic mass is 10.3. The highest BCUT2D eigenvalue weighted by molar-refractivity contribution is 7.99. The maximum Gasteiger partial charge on any atom is 0.225 e. The number of amides is 2. The number of nitrogens with one attached hydrogen (secondary N) is 2. The van der Waals surface area contributed by atoms with Crippen molar-refractivity contribution >= 4 is 35.0 Å². The van der Waals surface area contributed by atoms with E-state index < -0.39 is 0 Å². The molecule has 0 unspecified atom stereocenters. The van der Waals surface area contributed by atoms with Crippen molar-refractivity contribution in [1.82, 2.24) is 9.97 Å². The van der Waals surface area contributed by atoms with Crippen molar-refractivity contribution in [2.75, 3.05) is 22.1 Å². The van der Waals surface area contributed by atoms with Crippen molar-refractivity contribution < 1.29 is 9.59 Å². The van der Waals surface area contributed by atoms with Crippen LogP contribution < -0.4 is 10.6 Å². The molecule has 120 valence electrons. The molecule has 0 saturated heterocycles. The first-order valence-electron chi connectivity index (χ1n) is 7.21. The third-order valence-electron chi connectivity index (χ3n) is 2.88. The molecule has 0 aromatic carbocycles. The van der Waals surface area contributed by atoms with E-state index >= 15 is 0 Å². The lowest BCUT2D eigenvalue weighted by Gasteiger charge is -2.05. The third-order valence-corrected chi connectivity index (χ3v) is 3.86. The molecule has 7 heteroatoms. The van der Waals surface area contributed by atoms with Crippen LogP contribution in [-0.2, 0) is 9.59 Å². The third kappa shape index (κ3) is 6.92. The fourth-order valence-electron chi connectivity index (χ4n) is 1.75. The molecule has 0 spiro atoms. The highest BCUT2D eigenvalue weighted by Crippen LogP contribution is 2.09. The van der Waals surface area contributed by atoms with Gasteiger partial charge in [0.25, 0.3) is 0 Å². The molecule has 2 amide bonds. The fraction of sp³-hybridized carbons (Fsp3) is 0.250. The highest BCUT2D eigenvalue weighted by atomic mass is 32.2. The Balaban J connectivity index is 1.55. The first-order chi connectivity index (χ1) is 11.2. The molecule has 2 aromatic rings. The summed E-state index contributed by atoms with van der Waals surface area (Å²) in [4.78, 5) is 31.2. The summed E-state index contributed by atoms with van der Waals surface area (Å²) in [5, 5.41) is 5.59. The Morgan fingerprint density at radius 1 is 0.783 bits per heavy atom. The molecule has 0 aliphatic heterocycles. The Morgan fingerprint density at radius 2 is 1.17 bits per heavy atom. The lowest BCUT2D eigenvalue weighted by Crippen LogP contribution is -2.14. The fourth-order valence-corrected chi connectivity index (χ4v) is 2.61. The second-order valence-corrected chi connectivity index (χ2v) is 5.91. The SMILES string of the molecule is O=C(CCSCCC(=O)Nc1ccncc1)Nc1ccncc1. The van der Waals surface area contributed by atoms with Gasteiger partial charge >= 0.3 is 0 Å². The van der Waals surface area contributed by atoms with Crippen LogP contribution >= 0.6 is 11.8 Å². The maximum atomic E-state index is 11.7. The van der Waals surface area contributed by atoms with E-state index in [1.165, 1.54) is 0 Å². The van der Waals surface area contributed by atoms with Gasteiger partial charge in [-0.2, -0.15) is 11.8 Å². The Morgan fingerprint density at radius 3 is 1.57 bits per heavy atom. The smallest absolute Gasteiger partial charge is 0.225 e. The molecule has 0 radical (unpaired) electrons. The van der Waals surface area contributed by atoms with E-state index in [0.29, 0.717) is 24.3 Å². The average Bonchev–Trinajstić information content (AvgIpc) is 2.56. The van der Waals surface area contributed by atoms with Crippen LogP contribution in [0.4, 0.5) is 11.4 Å². The molecule has 2 rings (SSSR count). The lowest BCUT2D eigenvalue weighted by molar-refractivity contribution is -0.116. The molecule has 2 aromatic heterocycles. The molecule has 0 aliphatic carbocycles. The van der Waals surface area contributed by atoms with Crippen LogP contribution in [0, 0.1) is 0 Å². The Kier molecular flexibility index (Phi) is 7.06. The summed E-state index contributed by atoms with van der Waals surface area (Å²) in [5.41, 5.74) is 1.48. The molecule has 0 fully saturated rings. The van der Waals surface area contributed by atoms with E-state index in [9.17, 15) is 9.59 Å². The topological polar surface area (TPSA) is 84.0 Å². The molecule has 0 saturated carbocycles. The number of thioether (sulfide) groups is 1. The number of carbonyl (C=O) groups is 2. The van der Waals surface area contributed by atoms with Gasteiger partial charge in [-0.1, -0.05) is 0 Å². The molecular formula is C16H18N4O2S. The van der Waals surface area contributed by atoms with Gasteiger partial charge in [-0.15, -0.1) is 0 Å². The standard InChI is InChI=1S/C16H18N4O2S/c21-15(19-13-1-7-17-8-2-13)5-11-23-12-6-16(22)20-14-3-9-18-10-4-14/h1-4,7-10H,5-6,11-12H2,(H,17,19,21)(H,18,20,22). The monoisotopic (exact) mass is 330 g/mol. The molecule has 0 atom stereocenters. The van der Waals surface area contributed by atoms with Gasteiger partial charge in [-0.3, -0.25) is 19.6 Å². The summed E-state index contributed by atoms with van der Waals surface area (Å²) in [6, 6.07) is 6.98. The first kappa shape index (κ1) is 17.0. The summed E-state index contributed by atoms with van der Waals surface area (Å²) < 4.78 is 0. The average molecular weight is 330 g/mol. The number of hydrogen-bond acceptors (Lipinski definition) is 5. The molecule has 0 aliphatic rings. The summed E-state index contributed by atoms with van der Waals surface area (Å²) in [6.45, 7) is 0. The summed E-state index contributed by atoms with van der Waals surface area (Å²) in [7, 11) is 0. The van der Waals surface area contributed by atoms with Crippen LogP contribution in [0.3, 0.4) is 0 Å². The van der Waals surface area contributed by atoms with E-state index in [0.717, 1.165) is 11.4 Å². The van der Waals surface area contributed by atoms with Crippen LogP contribution in [0.2, 0.25) is 0 Å². The Bertz CT molecular complexity index is 567. The molecule has 0 bridgehead atoms. The summed E-state index contributed by atoms with van der Waals surface area (Å²) >= 11 is 1.58. The zero-order valence-corrected chi connectivity index (χ0v) is 13.4. The van der Waals surface area contributed by atoms with Crippen LogP contribution in [-0.4, -0.2) is 33.3 Å². The van der Waals surface area contributed by atoms with Crippen molar-refractivity contribution in [2.45, 2.75) is 12.8 Å². The van der Waals surface area contributed by atoms with Crippen molar-refractivity contribution in [3.8, 4) is 0 Å². The van der Waals surface area contributed by atoms with Gasteiger partial charge < -0.3 is 10.6 Å². The normalized spacial score (nSPS) is 10.1. The van der Waals surface area contributed by atoms with Gasteiger partial charge in [0.1, 0.15) is 0 Å². The van der Waals surface area contributed by atoms with Gasteiger partial charge in [0.05, 0.1) is 0 Å². The highest BCUT2D eigenvalue weighted by Gasteiger charge is 2.04. The van der Waals surface area contributed by atoms with Gasteiger partial charge in [0.2, 0.25) is 11.8 Å². The van der Waals surface area contributed by atoms with E-state index in [2.05, 4.69) is 20.6 Å². The first-order valence-corrected chi connectivity index (χ1v) is 8.37. The van der Waals surface area contributed by atoms with E-state index in [4.69, 9.17) is 0 Å². The number of anilines is 2. The van der Waals surface area contributed by atoms with E-state index in [1.54, 1.807) is 60.8 Å². The van der Waals surface area contributed by atoms with Crippen LogP contribution in [0.25, 0.3) is 0 Å².